The number of hydrogen-bond donors (Lipinski definition) is 25. The van der Waals surface area contributed by atoms with E-state index in [0.29, 0.717) is 43.2 Å². The number of imidazole rings is 1. The van der Waals surface area contributed by atoms with E-state index in [2.05, 4.69) is 84.4 Å². The number of hydrogen-bond acceptors (Lipinski definition) is 29. The van der Waals surface area contributed by atoms with Crippen molar-refractivity contribution in [1.82, 2.24) is 94.2 Å². The van der Waals surface area contributed by atoms with Gasteiger partial charge in [0.2, 0.25) is 94.5 Å². The lowest BCUT2D eigenvalue weighted by Gasteiger charge is -2.31. The molecule has 4 fully saturated rings. The molecule has 123 heavy (non-hydrogen) atoms. The quantitative estimate of drug-likeness (QED) is 0.0213. The number of benzene rings is 1. The van der Waals surface area contributed by atoms with E-state index in [0.717, 1.165) is 9.80 Å². The first kappa shape index (κ1) is 100. The molecule has 48 nitrogen and oxygen atoms in total. The smallest absolute Gasteiger partial charge is 0.327 e. The fourth-order valence-electron chi connectivity index (χ4n) is 13.0. The number of carboxylic acid groups (broad SMARTS) is 4. The molecule has 2 bridgehead atoms. The molecule has 5 heterocycles. The molecular weight excluding hydrogens is 1710 g/mol. The van der Waals surface area contributed by atoms with Crippen LogP contribution < -0.4 is 91.6 Å². The minimum Gasteiger partial charge on any atom is -0.508 e. The van der Waals surface area contributed by atoms with Gasteiger partial charge < -0.3 is 137 Å². The number of aromatic amines is 1. The molecule has 16 amide bonds. The molecular formula is C71H102N22O26S4. The number of fused-ring (bicyclic) bond motifs is 10. The maximum absolute atomic E-state index is 15.1. The van der Waals surface area contributed by atoms with Crippen molar-refractivity contribution >= 4 is 168 Å². The second kappa shape index (κ2) is 49.4. The Morgan fingerprint density at radius 2 is 1.02 bits per heavy atom. The Bertz CT molecular complexity index is 4200. The van der Waals surface area contributed by atoms with Gasteiger partial charge in [0.1, 0.15) is 96.4 Å². The number of carbonyl (C=O) groups excluding carboxylic acids is 16. The maximum Gasteiger partial charge on any atom is 0.327 e. The highest BCUT2D eigenvalue weighted by molar-refractivity contribution is 8.77. The highest BCUT2D eigenvalue weighted by atomic mass is 33.1. The molecule has 4 saturated heterocycles. The van der Waals surface area contributed by atoms with Gasteiger partial charge in [-0.05, 0) is 68.6 Å². The van der Waals surface area contributed by atoms with Crippen molar-refractivity contribution in [3.63, 3.8) is 0 Å². The number of rotatable bonds is 23. The van der Waals surface area contributed by atoms with Gasteiger partial charge in [0.15, 0.2) is 5.96 Å². The van der Waals surface area contributed by atoms with Gasteiger partial charge in [-0.2, -0.15) is 0 Å². The number of carboxylic acids is 4. The summed E-state index contributed by atoms with van der Waals surface area (Å²) in [6, 6.07) is -23.1. The minimum absolute atomic E-state index is 0.0526. The number of nitrogens with two attached hydrogens (primary N) is 3. The van der Waals surface area contributed by atoms with E-state index in [1.807, 2.05) is 0 Å². The number of aromatic hydroxyl groups is 1. The second-order valence-corrected chi connectivity index (χ2v) is 33.9. The second-order valence-electron chi connectivity index (χ2n) is 28.8. The third kappa shape index (κ3) is 31.9. The summed E-state index contributed by atoms with van der Waals surface area (Å²) in [6.45, 7) is 0.395. The standard InChI is InChI=1S/C71H102N22O26S4/c1-3-32(2)55-67(115)90-47(70(118)119)30-123-122-29-46-64(112)87-43(26-94)61(109)86-42(23-54(102)103)69(117)93-18-6-8-48(93)65(113)80-36(7-4-16-77-71(74)75)56(104)88-45(28-121-120-27-44(62(110)89-46)79-51(97)24-72)63(111)83-39(21-50(73)96)59(107)82-38(19-33-10-12-35(95)13-11-33)58(106)84-40(22-53(100)101)60(108)85-41(20-34-25-76-31-78-34)68(116)92-17-5-9-49(92)66(114)81-37(57(105)91-55)14-15-52(98)99/h10-13,25,31-32,36-49,55,94-95H,3-9,14-24,26-30,72H2,1-2H3,(H2,73,96)(H,76,78)(H,79,97)(H,80,113)(H,81,114)(H,82,107)(H,83,111)(H,84,106)(H,85,108)(H,86,109)(H,87,112)(H,88,104)(H,89,110)(H,90,115)(H,91,105)(H,98,99)(H,100,101)(H,102,103)(H,118,119)(H4,74,75,77)/t32-,36-,37-,38-,39-,40-,41-,42-,43-,44-,45-,46-,47-,48-,49-,55-/m0/s1. The number of H-pyrrole nitrogens is 1. The van der Waals surface area contributed by atoms with Gasteiger partial charge in [-0.3, -0.25) is 96.5 Å². The normalized spacial score (nSPS) is 26.5. The Kier molecular flexibility index (Phi) is 40.1. The van der Waals surface area contributed by atoms with Crippen molar-refractivity contribution in [1.29, 1.82) is 5.41 Å². The van der Waals surface area contributed by atoms with Gasteiger partial charge in [0.05, 0.1) is 38.7 Å². The van der Waals surface area contributed by atoms with Crippen molar-refractivity contribution in [2.75, 3.05) is 55.8 Å². The summed E-state index contributed by atoms with van der Waals surface area (Å²) in [7, 11) is 2.66. The molecule has 1 aromatic heterocycles. The molecule has 1 aromatic carbocycles. The number of phenols is 1. The first-order valence-corrected chi connectivity index (χ1v) is 43.6. The number of aliphatic hydroxyl groups excluding tert-OH is 1. The molecule has 0 radical (unpaired) electrons. The van der Waals surface area contributed by atoms with Crippen molar-refractivity contribution in [3.05, 3.63) is 48.0 Å². The molecule has 28 N–H and O–H groups in total. The van der Waals surface area contributed by atoms with Crippen LogP contribution >= 0.6 is 43.2 Å². The SMILES string of the molecule is CC[C@H](C)[C@@H]1NC(=O)[C@H](CCC(=O)O)NC(=O)[C@@H]2CCCN2C(=O)[C@H](Cc2cnc[nH]2)NC(=O)[C@H](CC(=O)O)NC(=O)[C@H](Cc2ccc(O)cc2)NC(=O)[C@H](CC(N)=O)NC(=O)[C@@H]2CSSC[C@H](NC(=O)CN)C(=O)N[C@@H](CSSC[C@@H](C(=O)O)NC1=O)C(=O)N[C@@H](CO)C(=O)N[C@@H](CC(=O)O)C(=O)N1CCC[C@H]1C(=O)N[C@@H](CCCNC(=N)N)C(=O)N2. The number of nitrogens with one attached hydrogen (secondary N) is 16. The molecule has 4 aliphatic heterocycles. The van der Waals surface area contributed by atoms with Crippen LogP contribution in [0.1, 0.15) is 102 Å². The van der Waals surface area contributed by atoms with Gasteiger partial charge in [-0.25, -0.2) is 9.78 Å². The average Bonchev–Trinajstić information content (AvgIpc) is 1.69. The summed E-state index contributed by atoms with van der Waals surface area (Å²) in [5, 5.41) is 103. The van der Waals surface area contributed by atoms with E-state index in [1.54, 1.807) is 6.92 Å². The first-order valence-electron chi connectivity index (χ1n) is 38.7. The number of carbonyl (C=O) groups is 20. The molecule has 16 atom stereocenters. The third-order valence-electron chi connectivity index (χ3n) is 19.7. The molecule has 52 heteroatoms. The zero-order valence-corrected chi connectivity index (χ0v) is 69.8. The molecule has 6 rings (SSSR count). The third-order valence-corrected chi connectivity index (χ3v) is 24.5. The van der Waals surface area contributed by atoms with E-state index in [4.69, 9.17) is 22.6 Å². The number of primary amides is 1. The molecule has 0 unspecified atom stereocenters. The average molecular weight is 1810 g/mol. The van der Waals surface area contributed by atoms with Crippen molar-refractivity contribution in [2.45, 2.75) is 194 Å². The van der Waals surface area contributed by atoms with Crippen molar-refractivity contribution in [2.24, 2.45) is 23.1 Å². The molecule has 676 valence electrons. The van der Waals surface area contributed by atoms with Crippen molar-refractivity contribution in [3.8, 4) is 5.75 Å². The largest absolute Gasteiger partial charge is 0.508 e. The number of aliphatic hydroxyl groups is 1. The first-order chi connectivity index (χ1) is 58.3. The molecule has 0 aliphatic carbocycles. The van der Waals surface area contributed by atoms with Crippen LogP contribution in [0.15, 0.2) is 36.8 Å². The number of phenolic OH excluding ortho intramolecular Hbond substituents is 1. The zero-order chi connectivity index (χ0) is 90.9. The van der Waals surface area contributed by atoms with Crippen LogP contribution in [0.4, 0.5) is 0 Å². The van der Waals surface area contributed by atoms with Crippen LogP contribution in [0, 0.1) is 11.3 Å². The summed E-state index contributed by atoms with van der Waals surface area (Å²) < 4.78 is 0. The maximum atomic E-state index is 15.1. The zero-order valence-electron chi connectivity index (χ0n) is 66.5. The summed E-state index contributed by atoms with van der Waals surface area (Å²) >= 11 is 0. The lowest BCUT2D eigenvalue weighted by atomic mass is 9.97. The van der Waals surface area contributed by atoms with Crippen LogP contribution in [0.5, 0.6) is 5.75 Å². The van der Waals surface area contributed by atoms with Gasteiger partial charge >= 0.3 is 23.9 Å². The molecule has 2 aromatic rings. The van der Waals surface area contributed by atoms with Crippen LogP contribution in [-0.4, -0.2) is 321 Å². The van der Waals surface area contributed by atoms with Crippen LogP contribution in [0.25, 0.3) is 0 Å². The fourth-order valence-corrected chi connectivity index (χ4v) is 17.6. The van der Waals surface area contributed by atoms with E-state index < -0.39 is 302 Å². The van der Waals surface area contributed by atoms with Gasteiger partial charge in [-0.15, -0.1) is 0 Å². The minimum atomic E-state index is -2.18. The topological polar surface area (TPSA) is 768 Å². The molecule has 4 aliphatic rings. The summed E-state index contributed by atoms with van der Waals surface area (Å²) in [4.78, 5) is 291. The van der Waals surface area contributed by atoms with E-state index in [9.17, 15) is 117 Å². The number of guanidine groups is 1. The van der Waals surface area contributed by atoms with Gasteiger partial charge in [0, 0.05) is 73.8 Å². The lowest BCUT2D eigenvalue weighted by Crippen LogP contribution is -2.62. The lowest BCUT2D eigenvalue weighted by molar-refractivity contribution is -0.146. The number of amides is 16. The number of aromatic nitrogens is 2. The van der Waals surface area contributed by atoms with Crippen molar-refractivity contribution < 1.29 is 127 Å². The number of nitrogens with zero attached hydrogens (tertiary/aromatic N) is 3. The summed E-state index contributed by atoms with van der Waals surface area (Å²) in [6.07, 6.45) is -4.12. The Morgan fingerprint density at radius 1 is 0.545 bits per heavy atom. The van der Waals surface area contributed by atoms with E-state index in [1.165, 1.54) is 43.7 Å². The Morgan fingerprint density at radius 3 is 1.56 bits per heavy atom. The summed E-state index contributed by atoms with van der Waals surface area (Å²) in [5.74, 6) is -30.2. The summed E-state index contributed by atoms with van der Waals surface area (Å²) in [5.41, 5.74) is 17.2. The highest BCUT2D eigenvalue weighted by Crippen LogP contribution is 2.28. The predicted molar refractivity (Wildman–Crippen MR) is 436 cm³/mol. The van der Waals surface area contributed by atoms with Gasteiger partial charge in [0.25, 0.3) is 0 Å². The fraction of sp³-hybridized carbons (Fsp3) is 0.577. The predicted octanol–water partition coefficient (Wildman–Crippen LogP) is -8.99. The van der Waals surface area contributed by atoms with E-state index in [-0.39, 0.29) is 81.6 Å². The van der Waals surface area contributed by atoms with Crippen LogP contribution in [0.3, 0.4) is 0 Å². The molecule has 0 spiro atoms. The highest BCUT2D eigenvalue weighted by Gasteiger charge is 2.45. The van der Waals surface area contributed by atoms with Gasteiger partial charge in [-0.1, -0.05) is 75.6 Å². The monoisotopic (exact) mass is 1810 g/mol. The number of aliphatic carboxylic acids is 4. The van der Waals surface area contributed by atoms with Crippen LogP contribution in [-0.2, 0) is 109 Å². The Balaban J connectivity index is 1.54. The van der Waals surface area contributed by atoms with Crippen LogP contribution in [0.2, 0.25) is 0 Å². The Hall–Kier alpha value is -11.8. The molecule has 0 saturated carbocycles. The Labute approximate surface area is 717 Å². The van der Waals surface area contributed by atoms with E-state index >= 15 is 9.59 Å².